The van der Waals surface area contributed by atoms with E-state index in [9.17, 15) is 4.79 Å². The third-order valence-electron chi connectivity index (χ3n) is 6.08. The molecule has 1 aromatic heterocycles. The summed E-state index contributed by atoms with van der Waals surface area (Å²) < 4.78 is 16.5. The number of unbranched alkanes of at least 4 members (excludes halogenated alkanes) is 1. The Morgan fingerprint density at radius 2 is 1.74 bits per heavy atom. The van der Waals surface area contributed by atoms with E-state index < -0.39 is 0 Å². The number of carbonyl (C=O) groups is 1. The highest BCUT2D eigenvalue weighted by Crippen LogP contribution is 2.35. The number of piperazine rings is 1. The van der Waals surface area contributed by atoms with E-state index in [2.05, 4.69) is 22.0 Å². The van der Waals surface area contributed by atoms with Gasteiger partial charge < -0.3 is 24.0 Å². The summed E-state index contributed by atoms with van der Waals surface area (Å²) >= 11 is 0. The van der Waals surface area contributed by atoms with Gasteiger partial charge >= 0.3 is 0 Å². The van der Waals surface area contributed by atoms with E-state index in [0.717, 1.165) is 47.2 Å². The summed E-state index contributed by atoms with van der Waals surface area (Å²) in [5.74, 6) is 3.13. The number of ether oxygens (including phenoxy) is 3. The Bertz CT molecular complexity index is 1130. The fraction of sp³-hybridized carbons (Fsp3) is 0.346. The topological polar surface area (TPSA) is 77.0 Å². The van der Waals surface area contributed by atoms with Crippen LogP contribution in [0.2, 0.25) is 0 Å². The third-order valence-corrected chi connectivity index (χ3v) is 6.08. The van der Waals surface area contributed by atoms with Crippen LogP contribution in [0.25, 0.3) is 11.3 Å². The Hall–Kier alpha value is -3.81. The van der Waals surface area contributed by atoms with Gasteiger partial charge in [0.25, 0.3) is 5.91 Å². The minimum Gasteiger partial charge on any atom is -0.494 e. The zero-order chi connectivity index (χ0) is 23.3. The fourth-order valence-electron chi connectivity index (χ4n) is 4.05. The summed E-state index contributed by atoms with van der Waals surface area (Å²) in [6, 6.07) is 17.1. The second kappa shape index (κ2) is 9.99. The van der Waals surface area contributed by atoms with Crippen LogP contribution >= 0.6 is 0 Å². The van der Waals surface area contributed by atoms with E-state index in [1.807, 2.05) is 59.5 Å². The first-order valence-corrected chi connectivity index (χ1v) is 11.7. The van der Waals surface area contributed by atoms with E-state index >= 15 is 0 Å². The van der Waals surface area contributed by atoms with Crippen molar-refractivity contribution in [2.45, 2.75) is 19.8 Å². The number of hydrogen-bond acceptors (Lipinski definition) is 7. The van der Waals surface area contributed by atoms with Crippen molar-refractivity contribution in [1.82, 2.24) is 15.1 Å². The number of hydrogen-bond donors (Lipinski definition) is 0. The average molecular weight is 461 g/mol. The molecule has 1 fully saturated rings. The molecule has 3 heterocycles. The van der Waals surface area contributed by atoms with Gasteiger partial charge in [-0.1, -0.05) is 13.3 Å². The quantitative estimate of drug-likeness (QED) is 0.493. The highest BCUT2D eigenvalue weighted by molar-refractivity contribution is 5.94. The summed E-state index contributed by atoms with van der Waals surface area (Å²) in [6.45, 7) is 5.78. The third kappa shape index (κ3) is 4.76. The smallest absolute Gasteiger partial charge is 0.253 e. The lowest BCUT2D eigenvalue weighted by atomic mass is 10.1. The molecule has 2 aromatic carbocycles. The average Bonchev–Trinajstić information content (AvgIpc) is 3.37. The van der Waals surface area contributed by atoms with Crippen LogP contribution in [0.3, 0.4) is 0 Å². The lowest BCUT2D eigenvalue weighted by molar-refractivity contribution is 0.0746. The molecule has 0 bridgehead atoms. The molecule has 0 aliphatic carbocycles. The monoisotopic (exact) mass is 460 g/mol. The molecule has 34 heavy (non-hydrogen) atoms. The van der Waals surface area contributed by atoms with Crippen molar-refractivity contribution >= 4 is 11.7 Å². The van der Waals surface area contributed by atoms with Crippen LogP contribution in [-0.4, -0.2) is 60.6 Å². The molecule has 2 aliphatic heterocycles. The van der Waals surface area contributed by atoms with Gasteiger partial charge in [0.05, 0.1) is 12.3 Å². The molecule has 8 nitrogen and oxygen atoms in total. The van der Waals surface area contributed by atoms with Crippen molar-refractivity contribution < 1.29 is 19.0 Å². The number of anilines is 1. The lowest BCUT2D eigenvalue weighted by Gasteiger charge is -2.35. The second-order valence-corrected chi connectivity index (χ2v) is 8.35. The molecule has 2 aliphatic rings. The molecule has 0 radical (unpaired) electrons. The van der Waals surface area contributed by atoms with Gasteiger partial charge in [0, 0.05) is 37.3 Å². The summed E-state index contributed by atoms with van der Waals surface area (Å²) in [5.41, 5.74) is 2.39. The maximum absolute atomic E-state index is 12.9. The van der Waals surface area contributed by atoms with Gasteiger partial charge in [-0.05, 0) is 61.0 Å². The lowest BCUT2D eigenvalue weighted by Crippen LogP contribution is -2.49. The largest absolute Gasteiger partial charge is 0.494 e. The Kier molecular flexibility index (Phi) is 6.46. The fourth-order valence-corrected chi connectivity index (χ4v) is 4.05. The molecule has 176 valence electrons. The molecule has 0 unspecified atom stereocenters. The SMILES string of the molecule is CCCCOc1ccc(C(=O)N2CCN(c3ccc(-c4ccc5c(c4)OCO5)nn3)CC2)cc1. The molecule has 0 N–H and O–H groups in total. The van der Waals surface area contributed by atoms with Gasteiger partial charge in [-0.25, -0.2) is 0 Å². The van der Waals surface area contributed by atoms with Crippen LogP contribution in [0.15, 0.2) is 54.6 Å². The van der Waals surface area contributed by atoms with Gasteiger partial charge in [-0.3, -0.25) is 4.79 Å². The first-order valence-electron chi connectivity index (χ1n) is 11.7. The number of amides is 1. The number of fused-ring (bicyclic) bond motifs is 1. The standard InChI is InChI=1S/C26H28N4O4/c1-2-3-16-32-21-7-4-19(5-8-21)26(31)30-14-12-29(13-15-30)25-11-9-22(27-28-25)20-6-10-23-24(17-20)34-18-33-23/h4-11,17H,2-3,12-16,18H2,1H3. The number of aromatic nitrogens is 2. The molecule has 5 rings (SSSR count). The van der Waals surface area contributed by atoms with Crippen molar-refractivity contribution in [2.24, 2.45) is 0 Å². The number of nitrogens with zero attached hydrogens (tertiary/aromatic N) is 4. The van der Waals surface area contributed by atoms with Crippen LogP contribution in [0, 0.1) is 0 Å². The predicted octanol–water partition coefficient (Wildman–Crippen LogP) is 4.01. The second-order valence-electron chi connectivity index (χ2n) is 8.35. The van der Waals surface area contributed by atoms with Crippen molar-refractivity contribution in [3.8, 4) is 28.5 Å². The van der Waals surface area contributed by atoms with Gasteiger partial charge in [0.15, 0.2) is 17.3 Å². The Labute approximate surface area is 199 Å². The highest BCUT2D eigenvalue weighted by atomic mass is 16.7. The molecule has 0 saturated carbocycles. The molecule has 1 saturated heterocycles. The molecule has 0 atom stereocenters. The van der Waals surface area contributed by atoms with E-state index in [-0.39, 0.29) is 12.7 Å². The van der Waals surface area contributed by atoms with E-state index in [0.29, 0.717) is 38.3 Å². The molecule has 3 aromatic rings. The Balaban J connectivity index is 1.16. The number of benzene rings is 2. The van der Waals surface area contributed by atoms with Crippen molar-refractivity contribution in [3.63, 3.8) is 0 Å². The van der Waals surface area contributed by atoms with Crippen molar-refractivity contribution in [1.29, 1.82) is 0 Å². The molecular weight excluding hydrogens is 432 g/mol. The van der Waals surface area contributed by atoms with Gasteiger partial charge in [-0.15, -0.1) is 10.2 Å². The van der Waals surface area contributed by atoms with Gasteiger partial charge in [-0.2, -0.15) is 0 Å². The summed E-state index contributed by atoms with van der Waals surface area (Å²) in [5, 5.41) is 8.83. The molecule has 1 amide bonds. The van der Waals surface area contributed by atoms with E-state index in [1.165, 1.54) is 0 Å². The normalized spacial score (nSPS) is 14.9. The predicted molar refractivity (Wildman–Crippen MR) is 129 cm³/mol. The van der Waals surface area contributed by atoms with Gasteiger partial charge in [0.2, 0.25) is 6.79 Å². The Morgan fingerprint density at radius 3 is 2.47 bits per heavy atom. The van der Waals surface area contributed by atoms with Crippen LogP contribution in [0.4, 0.5) is 5.82 Å². The summed E-state index contributed by atoms with van der Waals surface area (Å²) in [4.78, 5) is 17.0. The molecular formula is C26H28N4O4. The maximum Gasteiger partial charge on any atom is 0.253 e. The van der Waals surface area contributed by atoms with E-state index in [1.54, 1.807) is 0 Å². The number of rotatable bonds is 7. The zero-order valence-corrected chi connectivity index (χ0v) is 19.3. The Morgan fingerprint density at radius 1 is 0.941 bits per heavy atom. The summed E-state index contributed by atoms with van der Waals surface area (Å²) in [7, 11) is 0. The first kappa shape index (κ1) is 22.0. The molecule has 0 spiro atoms. The van der Waals surface area contributed by atoms with E-state index in [4.69, 9.17) is 14.2 Å². The van der Waals surface area contributed by atoms with Crippen molar-refractivity contribution in [3.05, 3.63) is 60.2 Å². The minimum atomic E-state index is 0.0454. The van der Waals surface area contributed by atoms with Crippen LogP contribution in [0.5, 0.6) is 17.2 Å². The first-order chi connectivity index (χ1) is 16.7. The maximum atomic E-state index is 12.9. The van der Waals surface area contributed by atoms with Crippen LogP contribution in [0.1, 0.15) is 30.1 Å². The number of carbonyl (C=O) groups excluding carboxylic acids is 1. The van der Waals surface area contributed by atoms with Crippen molar-refractivity contribution in [2.75, 3.05) is 44.5 Å². The van der Waals surface area contributed by atoms with Crippen LogP contribution in [-0.2, 0) is 0 Å². The minimum absolute atomic E-state index is 0.0454. The zero-order valence-electron chi connectivity index (χ0n) is 19.3. The van der Waals surface area contributed by atoms with Gasteiger partial charge in [0.1, 0.15) is 5.75 Å². The van der Waals surface area contributed by atoms with Crippen LogP contribution < -0.4 is 19.1 Å². The highest BCUT2D eigenvalue weighted by Gasteiger charge is 2.23. The summed E-state index contributed by atoms with van der Waals surface area (Å²) in [6.07, 6.45) is 2.12. The molecule has 8 heteroatoms.